The van der Waals surface area contributed by atoms with Gasteiger partial charge in [-0.2, -0.15) is 5.26 Å². The van der Waals surface area contributed by atoms with E-state index in [0.717, 1.165) is 5.69 Å². The van der Waals surface area contributed by atoms with Crippen LogP contribution in [0.2, 0.25) is 0 Å². The number of methoxy groups -OCH3 is 1. The monoisotopic (exact) mass is 263 g/mol. The lowest BCUT2D eigenvalue weighted by atomic mass is 10.1. The molecule has 102 valence electrons. The van der Waals surface area contributed by atoms with Crippen molar-refractivity contribution in [3.8, 4) is 6.07 Å². The lowest BCUT2D eigenvalue weighted by Crippen LogP contribution is -2.33. The second-order valence-electron chi connectivity index (χ2n) is 4.35. The predicted octanol–water partition coefficient (Wildman–Crippen LogP) is 2.33. The normalized spacial score (nSPS) is 10.3. The average Bonchev–Trinajstić information content (AvgIpc) is 2.38. The maximum Gasteiger partial charge on any atom is 0.289 e. The van der Waals surface area contributed by atoms with Gasteiger partial charge >= 0.3 is 0 Å². The SMILES string of the molecule is COCCN(c1ccc(C#N)c([N+](=O)[O-])c1)C(C)C. The molecule has 0 saturated carbocycles. The molecule has 0 spiro atoms. The minimum Gasteiger partial charge on any atom is -0.383 e. The van der Waals surface area contributed by atoms with Crippen molar-refractivity contribution in [3.05, 3.63) is 33.9 Å². The molecule has 0 unspecified atom stereocenters. The van der Waals surface area contributed by atoms with E-state index in [9.17, 15) is 10.1 Å². The summed E-state index contributed by atoms with van der Waals surface area (Å²) in [6, 6.07) is 6.66. The average molecular weight is 263 g/mol. The molecule has 0 aliphatic heterocycles. The summed E-state index contributed by atoms with van der Waals surface area (Å²) in [6.07, 6.45) is 0. The van der Waals surface area contributed by atoms with Crippen molar-refractivity contribution in [1.82, 2.24) is 0 Å². The Labute approximate surface area is 112 Å². The van der Waals surface area contributed by atoms with Gasteiger partial charge in [0.2, 0.25) is 0 Å². The van der Waals surface area contributed by atoms with Crippen LogP contribution in [0.25, 0.3) is 0 Å². The van der Waals surface area contributed by atoms with Gasteiger partial charge in [-0.25, -0.2) is 0 Å². The van der Waals surface area contributed by atoms with Crippen molar-refractivity contribution in [2.24, 2.45) is 0 Å². The molecule has 0 radical (unpaired) electrons. The first-order valence-electron chi connectivity index (χ1n) is 5.95. The molecule has 0 saturated heterocycles. The number of hydrogen-bond donors (Lipinski definition) is 0. The smallest absolute Gasteiger partial charge is 0.289 e. The molecule has 0 aromatic heterocycles. The molecule has 0 N–H and O–H groups in total. The van der Waals surface area contributed by atoms with Crippen LogP contribution in [-0.4, -0.2) is 31.2 Å². The zero-order valence-electron chi connectivity index (χ0n) is 11.3. The molecule has 1 aromatic carbocycles. The van der Waals surface area contributed by atoms with Crippen LogP contribution < -0.4 is 4.90 Å². The molecule has 1 aromatic rings. The van der Waals surface area contributed by atoms with Crippen LogP contribution in [0.15, 0.2) is 18.2 Å². The van der Waals surface area contributed by atoms with Gasteiger partial charge in [0.1, 0.15) is 11.6 Å². The Kier molecular flexibility index (Phi) is 5.27. The van der Waals surface area contributed by atoms with E-state index in [4.69, 9.17) is 10.00 Å². The van der Waals surface area contributed by atoms with E-state index < -0.39 is 4.92 Å². The van der Waals surface area contributed by atoms with E-state index in [1.165, 1.54) is 12.1 Å². The van der Waals surface area contributed by atoms with Gasteiger partial charge < -0.3 is 9.64 Å². The number of nitro groups is 1. The maximum absolute atomic E-state index is 11.0. The standard InChI is InChI=1S/C13H17N3O3/c1-10(2)15(6-7-19-3)12-5-4-11(9-14)13(8-12)16(17)18/h4-5,8,10H,6-7H2,1-3H3. The topological polar surface area (TPSA) is 79.4 Å². The summed E-state index contributed by atoms with van der Waals surface area (Å²) < 4.78 is 5.04. The van der Waals surface area contributed by atoms with Gasteiger partial charge in [0.25, 0.3) is 5.69 Å². The first-order chi connectivity index (χ1) is 9.01. The van der Waals surface area contributed by atoms with Crippen molar-refractivity contribution in [2.45, 2.75) is 19.9 Å². The van der Waals surface area contributed by atoms with Crippen LogP contribution in [0.3, 0.4) is 0 Å². The zero-order valence-corrected chi connectivity index (χ0v) is 11.3. The molecule has 19 heavy (non-hydrogen) atoms. The summed E-state index contributed by atoms with van der Waals surface area (Å²) >= 11 is 0. The fourth-order valence-electron chi connectivity index (χ4n) is 1.82. The largest absolute Gasteiger partial charge is 0.383 e. The van der Waals surface area contributed by atoms with Gasteiger partial charge in [0.15, 0.2) is 0 Å². The van der Waals surface area contributed by atoms with Crippen molar-refractivity contribution in [1.29, 1.82) is 5.26 Å². The van der Waals surface area contributed by atoms with Gasteiger partial charge in [-0.1, -0.05) is 0 Å². The molecular formula is C13H17N3O3. The molecule has 0 atom stereocenters. The summed E-state index contributed by atoms with van der Waals surface area (Å²) in [5.74, 6) is 0. The lowest BCUT2D eigenvalue weighted by Gasteiger charge is -2.28. The summed E-state index contributed by atoms with van der Waals surface area (Å²) in [4.78, 5) is 12.4. The molecular weight excluding hydrogens is 246 g/mol. The predicted molar refractivity (Wildman–Crippen MR) is 72.2 cm³/mol. The van der Waals surface area contributed by atoms with Crippen molar-refractivity contribution >= 4 is 11.4 Å². The Morgan fingerprint density at radius 1 is 1.53 bits per heavy atom. The number of anilines is 1. The molecule has 0 aliphatic carbocycles. The highest BCUT2D eigenvalue weighted by atomic mass is 16.6. The first kappa shape index (κ1) is 14.9. The lowest BCUT2D eigenvalue weighted by molar-refractivity contribution is -0.385. The molecule has 0 amide bonds. The Bertz CT molecular complexity index is 494. The number of nitrogens with zero attached hydrogens (tertiary/aromatic N) is 3. The molecule has 0 bridgehead atoms. The third-order valence-electron chi connectivity index (χ3n) is 2.79. The minimum absolute atomic E-state index is 0.0733. The van der Waals surface area contributed by atoms with Crippen LogP contribution in [0.5, 0.6) is 0 Å². The molecule has 0 fully saturated rings. The summed E-state index contributed by atoms with van der Waals surface area (Å²) in [7, 11) is 1.61. The number of nitro benzene ring substituents is 1. The molecule has 6 nitrogen and oxygen atoms in total. The highest BCUT2D eigenvalue weighted by Gasteiger charge is 2.18. The van der Waals surface area contributed by atoms with Crippen molar-refractivity contribution < 1.29 is 9.66 Å². The number of benzene rings is 1. The molecule has 6 heteroatoms. The zero-order chi connectivity index (χ0) is 14.4. The molecule has 0 aliphatic rings. The number of rotatable bonds is 6. The third kappa shape index (κ3) is 3.66. The van der Waals surface area contributed by atoms with Crippen molar-refractivity contribution in [3.63, 3.8) is 0 Å². The Balaban J connectivity index is 3.14. The number of hydrogen-bond acceptors (Lipinski definition) is 5. The van der Waals surface area contributed by atoms with Crippen LogP contribution in [0.1, 0.15) is 19.4 Å². The highest BCUT2D eigenvalue weighted by molar-refractivity contribution is 5.60. The second-order valence-corrected chi connectivity index (χ2v) is 4.35. The van der Waals surface area contributed by atoms with Crippen LogP contribution >= 0.6 is 0 Å². The van der Waals surface area contributed by atoms with Gasteiger partial charge in [-0.15, -0.1) is 0 Å². The van der Waals surface area contributed by atoms with E-state index in [0.29, 0.717) is 13.2 Å². The fourth-order valence-corrected chi connectivity index (χ4v) is 1.82. The van der Waals surface area contributed by atoms with E-state index in [1.54, 1.807) is 13.2 Å². The van der Waals surface area contributed by atoms with Gasteiger partial charge in [0.05, 0.1) is 11.5 Å². The van der Waals surface area contributed by atoms with E-state index in [-0.39, 0.29) is 17.3 Å². The van der Waals surface area contributed by atoms with E-state index in [1.807, 2.05) is 24.8 Å². The van der Waals surface area contributed by atoms with Gasteiger partial charge in [0, 0.05) is 31.5 Å². The van der Waals surface area contributed by atoms with Gasteiger partial charge in [-0.05, 0) is 26.0 Å². The van der Waals surface area contributed by atoms with Crippen molar-refractivity contribution in [2.75, 3.05) is 25.2 Å². The highest BCUT2D eigenvalue weighted by Crippen LogP contribution is 2.26. The third-order valence-corrected chi connectivity index (χ3v) is 2.79. The summed E-state index contributed by atoms with van der Waals surface area (Å²) in [5, 5.41) is 19.8. The first-order valence-corrected chi connectivity index (χ1v) is 5.95. The molecule has 0 heterocycles. The minimum atomic E-state index is -0.531. The quantitative estimate of drug-likeness (QED) is 0.581. The van der Waals surface area contributed by atoms with Crippen LogP contribution in [0, 0.1) is 21.4 Å². The molecule has 1 rings (SSSR count). The maximum atomic E-state index is 11.0. The van der Waals surface area contributed by atoms with Gasteiger partial charge in [-0.3, -0.25) is 10.1 Å². The fraction of sp³-hybridized carbons (Fsp3) is 0.462. The van der Waals surface area contributed by atoms with Crippen LogP contribution in [-0.2, 0) is 4.74 Å². The Morgan fingerprint density at radius 3 is 2.68 bits per heavy atom. The Morgan fingerprint density at radius 2 is 2.21 bits per heavy atom. The summed E-state index contributed by atoms with van der Waals surface area (Å²) in [5.41, 5.74) is 0.630. The second kappa shape index (κ2) is 6.71. The Hall–Kier alpha value is -2.13. The van der Waals surface area contributed by atoms with E-state index >= 15 is 0 Å². The number of ether oxygens (including phenoxy) is 1. The van der Waals surface area contributed by atoms with Crippen LogP contribution in [0.4, 0.5) is 11.4 Å². The van der Waals surface area contributed by atoms with E-state index in [2.05, 4.69) is 0 Å². The summed E-state index contributed by atoms with van der Waals surface area (Å²) in [6.45, 7) is 5.17. The number of nitriles is 1.